The van der Waals surface area contributed by atoms with Crippen molar-refractivity contribution < 1.29 is 14.3 Å². The maximum Gasteiger partial charge on any atom is 0.330 e. The van der Waals surface area contributed by atoms with E-state index in [9.17, 15) is 9.59 Å². The topological polar surface area (TPSA) is 67.4 Å². The smallest absolute Gasteiger partial charge is 0.330 e. The number of rotatable bonds is 5. The molecule has 0 aromatic heterocycles. The molecule has 5 nitrogen and oxygen atoms in total. The van der Waals surface area contributed by atoms with Gasteiger partial charge < -0.3 is 15.4 Å². The van der Waals surface area contributed by atoms with Crippen molar-refractivity contribution in [3.63, 3.8) is 0 Å². The molecule has 0 spiro atoms. The Labute approximate surface area is 120 Å². The average molecular weight is 329 g/mol. The van der Waals surface area contributed by atoms with E-state index in [0.29, 0.717) is 0 Å². The summed E-state index contributed by atoms with van der Waals surface area (Å²) >= 11 is 3.40. The van der Waals surface area contributed by atoms with Gasteiger partial charge in [-0.15, -0.1) is 0 Å². The largest absolute Gasteiger partial charge is 0.467 e. The van der Waals surface area contributed by atoms with Crippen molar-refractivity contribution >= 4 is 33.5 Å². The van der Waals surface area contributed by atoms with E-state index in [2.05, 4.69) is 31.3 Å². The van der Waals surface area contributed by atoms with Crippen LogP contribution >= 0.6 is 15.9 Å². The van der Waals surface area contributed by atoms with Gasteiger partial charge in [0.15, 0.2) is 0 Å². The number of nitrogens with one attached hydrogen (secondary N) is 2. The van der Waals surface area contributed by atoms with Gasteiger partial charge in [-0.1, -0.05) is 15.9 Å². The summed E-state index contributed by atoms with van der Waals surface area (Å²) < 4.78 is 5.59. The van der Waals surface area contributed by atoms with Gasteiger partial charge in [-0.25, -0.2) is 4.79 Å². The molecule has 104 valence electrons. The van der Waals surface area contributed by atoms with Crippen molar-refractivity contribution in [2.75, 3.05) is 19.0 Å². The van der Waals surface area contributed by atoms with Crippen molar-refractivity contribution in [1.82, 2.24) is 5.32 Å². The molecule has 0 saturated carbocycles. The molecule has 0 aliphatic carbocycles. The number of carbonyl (C=O) groups is 2. The van der Waals surface area contributed by atoms with Gasteiger partial charge in [0.2, 0.25) is 5.91 Å². The van der Waals surface area contributed by atoms with Crippen LogP contribution in [0.4, 0.5) is 5.69 Å². The minimum atomic E-state index is -0.707. The SMILES string of the molecule is COC(=O)C(CNc1cc(C)cc(Br)c1)NC(C)=O. The molecule has 6 heteroatoms. The van der Waals surface area contributed by atoms with Gasteiger partial charge in [0, 0.05) is 23.6 Å². The Morgan fingerprint density at radius 3 is 2.58 bits per heavy atom. The highest BCUT2D eigenvalue weighted by molar-refractivity contribution is 9.10. The fourth-order valence-electron chi connectivity index (χ4n) is 1.64. The number of ether oxygens (including phenoxy) is 1. The molecule has 0 heterocycles. The Bertz CT molecular complexity index is 457. The number of methoxy groups -OCH3 is 1. The van der Waals surface area contributed by atoms with Gasteiger partial charge in [-0.3, -0.25) is 4.79 Å². The predicted molar refractivity (Wildman–Crippen MR) is 77.0 cm³/mol. The first-order valence-electron chi connectivity index (χ1n) is 5.78. The van der Waals surface area contributed by atoms with E-state index < -0.39 is 12.0 Å². The Morgan fingerprint density at radius 2 is 2.05 bits per heavy atom. The zero-order chi connectivity index (χ0) is 14.4. The van der Waals surface area contributed by atoms with Crippen LogP contribution in [0.15, 0.2) is 22.7 Å². The molecule has 1 rings (SSSR count). The van der Waals surface area contributed by atoms with Crippen LogP contribution in [0.3, 0.4) is 0 Å². The van der Waals surface area contributed by atoms with Crippen LogP contribution in [0.1, 0.15) is 12.5 Å². The van der Waals surface area contributed by atoms with Gasteiger partial charge in [0.25, 0.3) is 0 Å². The number of carbonyl (C=O) groups excluding carboxylic acids is 2. The standard InChI is InChI=1S/C13H17BrN2O3/c1-8-4-10(14)6-11(5-8)15-7-12(13(18)19-3)16-9(2)17/h4-6,12,15H,7H2,1-3H3,(H,16,17). The molecular formula is C13H17BrN2O3. The van der Waals surface area contributed by atoms with Crippen LogP contribution in [0.5, 0.6) is 0 Å². The Hall–Kier alpha value is -1.56. The predicted octanol–water partition coefficient (Wildman–Crippen LogP) is 1.85. The summed E-state index contributed by atoms with van der Waals surface area (Å²) in [6, 6.07) is 5.13. The van der Waals surface area contributed by atoms with Gasteiger partial charge in [-0.05, 0) is 30.7 Å². The van der Waals surface area contributed by atoms with Crippen molar-refractivity contribution in [3.05, 3.63) is 28.2 Å². The lowest BCUT2D eigenvalue weighted by Gasteiger charge is -2.17. The maximum absolute atomic E-state index is 11.5. The van der Waals surface area contributed by atoms with E-state index in [0.717, 1.165) is 15.7 Å². The van der Waals surface area contributed by atoms with Gasteiger partial charge in [0.05, 0.1) is 7.11 Å². The van der Waals surface area contributed by atoms with Crippen molar-refractivity contribution in [1.29, 1.82) is 0 Å². The first kappa shape index (κ1) is 15.5. The van der Waals surface area contributed by atoms with E-state index in [1.165, 1.54) is 14.0 Å². The maximum atomic E-state index is 11.5. The Morgan fingerprint density at radius 1 is 1.37 bits per heavy atom. The van der Waals surface area contributed by atoms with E-state index in [1.54, 1.807) is 0 Å². The van der Waals surface area contributed by atoms with E-state index in [1.807, 2.05) is 25.1 Å². The third-order valence-corrected chi connectivity index (χ3v) is 2.87. The minimum absolute atomic E-state index is 0.266. The summed E-state index contributed by atoms with van der Waals surface area (Å²) in [5, 5.41) is 5.64. The number of anilines is 1. The molecule has 0 fully saturated rings. The third kappa shape index (κ3) is 5.30. The first-order valence-corrected chi connectivity index (χ1v) is 6.57. The highest BCUT2D eigenvalue weighted by atomic mass is 79.9. The van der Waals surface area contributed by atoms with Crippen molar-refractivity contribution in [3.8, 4) is 0 Å². The van der Waals surface area contributed by atoms with Gasteiger partial charge in [0.1, 0.15) is 6.04 Å². The van der Waals surface area contributed by atoms with Crippen LogP contribution in [-0.4, -0.2) is 31.6 Å². The molecule has 0 saturated heterocycles. The Balaban J connectivity index is 2.69. The number of hydrogen-bond donors (Lipinski definition) is 2. The summed E-state index contributed by atoms with van der Waals surface area (Å²) in [4.78, 5) is 22.6. The quantitative estimate of drug-likeness (QED) is 0.809. The molecule has 0 aliphatic rings. The number of benzene rings is 1. The lowest BCUT2D eigenvalue weighted by Crippen LogP contribution is -2.45. The second kappa shape index (κ2) is 7.13. The van der Waals surface area contributed by atoms with Crippen LogP contribution < -0.4 is 10.6 Å². The second-order valence-corrected chi connectivity index (χ2v) is 5.09. The fourth-order valence-corrected chi connectivity index (χ4v) is 2.25. The summed E-state index contributed by atoms with van der Waals surface area (Å²) in [5.74, 6) is -0.753. The fraction of sp³-hybridized carbons (Fsp3) is 0.385. The normalized spacial score (nSPS) is 11.6. The zero-order valence-electron chi connectivity index (χ0n) is 11.1. The molecule has 1 amide bonds. The number of amides is 1. The van der Waals surface area contributed by atoms with E-state index in [-0.39, 0.29) is 12.5 Å². The molecule has 0 radical (unpaired) electrons. The number of aryl methyl sites for hydroxylation is 1. The van der Waals surface area contributed by atoms with Crippen LogP contribution in [0.25, 0.3) is 0 Å². The molecule has 2 N–H and O–H groups in total. The highest BCUT2D eigenvalue weighted by Crippen LogP contribution is 2.18. The minimum Gasteiger partial charge on any atom is -0.467 e. The van der Waals surface area contributed by atoms with Crippen molar-refractivity contribution in [2.24, 2.45) is 0 Å². The number of halogens is 1. The highest BCUT2D eigenvalue weighted by Gasteiger charge is 2.19. The van der Waals surface area contributed by atoms with Gasteiger partial charge in [-0.2, -0.15) is 0 Å². The number of esters is 1. The molecule has 1 aromatic carbocycles. The summed E-state index contributed by atoms with van der Waals surface area (Å²) in [5.41, 5.74) is 1.96. The molecule has 0 bridgehead atoms. The van der Waals surface area contributed by atoms with Crippen LogP contribution in [0, 0.1) is 6.92 Å². The molecule has 1 atom stereocenters. The first-order chi connectivity index (χ1) is 8.92. The monoisotopic (exact) mass is 328 g/mol. The van der Waals surface area contributed by atoms with Gasteiger partial charge >= 0.3 is 5.97 Å². The lowest BCUT2D eigenvalue weighted by atomic mass is 10.2. The van der Waals surface area contributed by atoms with E-state index >= 15 is 0 Å². The summed E-state index contributed by atoms with van der Waals surface area (Å²) in [6.07, 6.45) is 0. The van der Waals surface area contributed by atoms with Crippen molar-refractivity contribution in [2.45, 2.75) is 19.9 Å². The third-order valence-electron chi connectivity index (χ3n) is 2.42. The van der Waals surface area contributed by atoms with Crippen LogP contribution in [0.2, 0.25) is 0 Å². The summed E-state index contributed by atoms with van der Waals surface area (Å²) in [6.45, 7) is 3.60. The molecule has 19 heavy (non-hydrogen) atoms. The van der Waals surface area contributed by atoms with E-state index in [4.69, 9.17) is 0 Å². The number of hydrogen-bond acceptors (Lipinski definition) is 4. The zero-order valence-corrected chi connectivity index (χ0v) is 12.7. The Kier molecular flexibility index (Phi) is 5.82. The average Bonchev–Trinajstić information content (AvgIpc) is 2.31. The van der Waals surface area contributed by atoms with Crippen LogP contribution in [-0.2, 0) is 14.3 Å². The molecular weight excluding hydrogens is 312 g/mol. The second-order valence-electron chi connectivity index (χ2n) is 4.17. The molecule has 1 unspecified atom stereocenters. The lowest BCUT2D eigenvalue weighted by molar-refractivity contribution is -0.144. The molecule has 0 aliphatic heterocycles. The summed E-state index contributed by atoms with van der Waals surface area (Å²) in [7, 11) is 1.29. The molecule has 1 aromatic rings.